The topological polar surface area (TPSA) is 524 Å². The molecule has 0 fully saturated rings. The number of aryl methyl sites for hydroxylation is 7. The van der Waals surface area contributed by atoms with Gasteiger partial charge in [0.15, 0.2) is 0 Å². The lowest BCUT2D eigenvalue weighted by molar-refractivity contribution is 0.181. The summed E-state index contributed by atoms with van der Waals surface area (Å²) in [5, 5.41) is 232. The van der Waals surface area contributed by atoms with Crippen LogP contribution in [-0.4, -0.2) is 142 Å². The number of methoxy groups -OCH3 is 2. The molecule has 9 rings (SSSR count). The van der Waals surface area contributed by atoms with E-state index in [1.807, 2.05) is 92.6 Å². The number of aliphatic hydroxyl groups excluding tert-OH is 15. The molecule has 0 aliphatic carbocycles. The number of hydrogen-bond acceptors (Lipinski definition) is 27. The summed E-state index contributed by atoms with van der Waals surface area (Å²) in [6.07, 6.45) is 2.85. The molecule has 0 radical (unpaired) electrons. The second-order valence-corrected chi connectivity index (χ2v) is 30.1. The third-order valence-electron chi connectivity index (χ3n) is 19.1. The van der Waals surface area contributed by atoms with Crippen molar-refractivity contribution in [2.45, 2.75) is 239 Å². The molecule has 0 spiro atoms. The van der Waals surface area contributed by atoms with Crippen LogP contribution in [0.1, 0.15) is 218 Å². The van der Waals surface area contributed by atoms with Crippen LogP contribution in [0.4, 0.5) is 0 Å². The monoisotopic (exact) mass is 1660 g/mol. The number of aliphatic hydroxyl groups is 15. The third kappa shape index (κ3) is 30.5. The van der Waals surface area contributed by atoms with Gasteiger partial charge in [-0.05, 0) is 145 Å². The number of aromatic hydroxyl groups is 10. The summed E-state index contributed by atoms with van der Waals surface area (Å²) in [5.74, 6) is -0.0915. The van der Waals surface area contributed by atoms with Gasteiger partial charge < -0.3 is 137 Å². The van der Waals surface area contributed by atoms with Crippen LogP contribution in [0.5, 0.6) is 57.5 Å². The first kappa shape index (κ1) is 105. The molecule has 27 heteroatoms. The normalized spacial score (nSPS) is 10.9. The predicted octanol–water partition coefficient (Wildman–Crippen LogP) is 10.3. The molecule has 119 heavy (non-hydrogen) atoms. The van der Waals surface area contributed by atoms with Crippen LogP contribution in [0.3, 0.4) is 0 Å². The fourth-order valence-electron chi connectivity index (χ4n) is 12.5. The maximum absolute atomic E-state index is 10.2. The lowest BCUT2D eigenvalue weighted by atomic mass is 9.84. The minimum Gasteiger partial charge on any atom is -0.507 e. The maximum Gasteiger partial charge on any atom is 0.127 e. The minimum absolute atomic E-state index is 0.00204. The molecule has 0 saturated carbocycles. The van der Waals surface area contributed by atoms with Gasteiger partial charge in [0, 0.05) is 110 Å². The van der Waals surface area contributed by atoms with Crippen molar-refractivity contribution in [2.24, 2.45) is 0 Å². The van der Waals surface area contributed by atoms with Gasteiger partial charge in [-0.25, -0.2) is 0 Å². The van der Waals surface area contributed by atoms with E-state index >= 15 is 0 Å². The highest BCUT2D eigenvalue weighted by Gasteiger charge is 2.24. The molecule has 0 aromatic heterocycles. The summed E-state index contributed by atoms with van der Waals surface area (Å²) < 4.78 is 10.1. The quantitative estimate of drug-likeness (QED) is 0.0250. The van der Waals surface area contributed by atoms with Gasteiger partial charge in [-0.15, -0.1) is 0 Å². The fourth-order valence-corrected chi connectivity index (χ4v) is 12.5. The zero-order valence-corrected chi connectivity index (χ0v) is 71.1. The molecule has 27 nitrogen and oxygen atoms in total. The van der Waals surface area contributed by atoms with Crippen molar-refractivity contribution >= 4 is 0 Å². The second-order valence-electron chi connectivity index (χ2n) is 30.1. The Morgan fingerprint density at radius 2 is 0.412 bits per heavy atom. The number of rotatable bonds is 24. The fraction of sp³-hybridized carbons (Fsp3) is 0.413. The number of phenols is 10. The van der Waals surface area contributed by atoms with Crippen molar-refractivity contribution in [1.82, 2.24) is 0 Å². The molecule has 0 bridgehead atoms. The first-order chi connectivity index (χ1) is 56.2. The van der Waals surface area contributed by atoms with Crippen molar-refractivity contribution in [3.8, 4) is 57.5 Å². The summed E-state index contributed by atoms with van der Waals surface area (Å²) in [4.78, 5) is 0. The summed E-state index contributed by atoms with van der Waals surface area (Å²) in [6, 6.07) is 28.6. The smallest absolute Gasteiger partial charge is 0.127 e. The SMILES string of the molecule is CC(C)(C)c1cc(CO)c(O)c(CO)c1.CCc1cc(C(C)(C)C)cc(COC)c1O.CCc1cc(C)cc(COC)c1O.CCc1cc(CO)c(O)c(CO)c1.Cc1cc(CO)c(O)c(CO)c1.Cc1cc(CO)c(O)c(Cc2cc(C)cc(CO)c2O)c1.OCc1c(O)c(CO)c(CO)c(O)c1CO.OCc1cc(CO)c(O)c(CO)c1. The Balaban J connectivity index is 0.000000464. The van der Waals surface area contributed by atoms with E-state index in [4.69, 9.17) is 75.9 Å². The van der Waals surface area contributed by atoms with Crippen molar-refractivity contribution in [3.05, 3.63) is 253 Å². The van der Waals surface area contributed by atoms with Crippen LogP contribution in [0, 0.1) is 27.7 Å². The van der Waals surface area contributed by atoms with E-state index in [1.54, 1.807) is 62.8 Å². The molecule has 658 valence electrons. The first-order valence-electron chi connectivity index (χ1n) is 38.5. The Morgan fingerprint density at radius 1 is 0.218 bits per heavy atom. The number of benzene rings is 9. The highest BCUT2D eigenvalue weighted by atomic mass is 16.5. The first-order valence-corrected chi connectivity index (χ1v) is 38.5. The van der Waals surface area contributed by atoms with Crippen molar-refractivity contribution < 1.29 is 137 Å². The van der Waals surface area contributed by atoms with Crippen LogP contribution in [0.2, 0.25) is 0 Å². The minimum atomic E-state index is -0.589. The Bertz CT molecular complexity index is 4360. The maximum atomic E-state index is 10.2. The number of phenolic OH excluding ortho intramolecular Hbond substituents is 2. The summed E-state index contributed by atoms with van der Waals surface area (Å²) in [6.45, 7) is 22.4. The van der Waals surface area contributed by atoms with Crippen molar-refractivity contribution in [1.29, 1.82) is 0 Å². The average Bonchev–Trinajstić information content (AvgIpc) is 0.774. The van der Waals surface area contributed by atoms with E-state index < -0.39 is 37.9 Å². The van der Waals surface area contributed by atoms with Crippen LogP contribution in [-0.2, 0) is 158 Å². The molecule has 0 atom stereocenters. The van der Waals surface area contributed by atoms with Gasteiger partial charge in [0.05, 0.1) is 112 Å². The summed E-state index contributed by atoms with van der Waals surface area (Å²) >= 11 is 0. The Morgan fingerprint density at radius 3 is 0.647 bits per heavy atom. The van der Waals surface area contributed by atoms with E-state index in [0.717, 1.165) is 69.3 Å². The van der Waals surface area contributed by atoms with Crippen LogP contribution < -0.4 is 0 Å². The lowest BCUT2D eigenvalue weighted by Crippen LogP contribution is -2.12. The van der Waals surface area contributed by atoms with Gasteiger partial charge in [-0.1, -0.05) is 139 Å². The van der Waals surface area contributed by atoms with Crippen molar-refractivity contribution in [2.75, 3.05) is 14.2 Å². The molecule has 0 saturated heterocycles. The van der Waals surface area contributed by atoms with Gasteiger partial charge in [0.1, 0.15) is 57.5 Å². The highest BCUT2D eigenvalue weighted by Crippen LogP contribution is 2.40. The van der Waals surface area contributed by atoms with E-state index in [9.17, 15) is 61.3 Å². The van der Waals surface area contributed by atoms with Crippen LogP contribution in [0.15, 0.2) is 97.1 Å². The summed E-state index contributed by atoms with van der Waals surface area (Å²) in [5.41, 5.74) is 17.0. The van der Waals surface area contributed by atoms with Gasteiger partial charge in [0.2, 0.25) is 0 Å². The van der Waals surface area contributed by atoms with Gasteiger partial charge in [0.25, 0.3) is 0 Å². The van der Waals surface area contributed by atoms with Crippen LogP contribution in [0.25, 0.3) is 0 Å². The summed E-state index contributed by atoms with van der Waals surface area (Å²) in [7, 11) is 3.28. The molecule has 0 aliphatic heterocycles. The zero-order valence-electron chi connectivity index (χ0n) is 71.1. The Kier molecular flexibility index (Phi) is 45.8. The van der Waals surface area contributed by atoms with Crippen molar-refractivity contribution in [3.63, 3.8) is 0 Å². The van der Waals surface area contributed by atoms with E-state index in [1.165, 1.54) is 23.3 Å². The standard InChI is InChI=1S/C17H20O4.C14H22O2.C12H18O3.C11H16O2.C10H14O6.C10H14O3.C9H12O4.C9H12O3/c1-10-3-12(16(20)14(5-10)8-18)7-13-4-11(2)6-15(9-19)17(13)21;1-6-10-7-12(14(2,3)4)8-11(9-16-5)13(10)15;1-12(2,3)10-4-8(6-13)11(15)9(5-10)7-14;1-4-9-5-8(2)6-10(7-13-3)11(9)12;11-1-5-6(2-12)10(16)8(4-14)7(3-13)9(5)15;1-2-7-3-8(5-11)10(13)9(4-7)6-12;10-3-6-1-7(4-11)9(13)8(2-6)5-12;1-6-2-7(4-10)9(12)8(3-6)5-11/h3-6,18-21H,7-9H2,1-2H3;7-8,15H,6,9H2,1-5H3;4-5,13-15H,6-7H2,1-3H3;5-6,12H,4,7H2,1-3H3;11-16H,1-4H2;3-4,11-13H,2,5-6H2,1H3;1-2,10-13H,3-5H2;2-3,10-12H,4-5H2,1H3. The molecular formula is C92H128O27. The average molecular weight is 1670 g/mol. The zero-order chi connectivity index (χ0) is 90.5. The highest BCUT2D eigenvalue weighted by molar-refractivity contribution is 5.58. The van der Waals surface area contributed by atoms with Gasteiger partial charge in [-0.2, -0.15) is 0 Å². The predicted molar refractivity (Wildman–Crippen MR) is 452 cm³/mol. The van der Waals surface area contributed by atoms with Gasteiger partial charge in [-0.3, -0.25) is 0 Å². The molecule has 0 heterocycles. The molecule has 9 aromatic carbocycles. The van der Waals surface area contributed by atoms with E-state index in [-0.39, 0.29) is 140 Å². The lowest BCUT2D eigenvalue weighted by Gasteiger charge is -2.22. The largest absolute Gasteiger partial charge is 0.507 e. The van der Waals surface area contributed by atoms with E-state index in [0.29, 0.717) is 103 Å². The molecular weight excluding hydrogens is 1540 g/mol. The Hall–Kier alpha value is -9.70. The van der Waals surface area contributed by atoms with E-state index in [2.05, 4.69) is 33.8 Å². The number of ether oxygens (including phenoxy) is 2. The molecule has 9 aromatic rings. The molecule has 0 aliphatic rings. The number of hydrogen-bond donors (Lipinski definition) is 25. The van der Waals surface area contributed by atoms with Crippen LogP contribution >= 0.6 is 0 Å². The second kappa shape index (κ2) is 51.7. The van der Waals surface area contributed by atoms with Gasteiger partial charge >= 0.3 is 0 Å². The molecule has 0 unspecified atom stereocenters. The Labute approximate surface area is 697 Å². The molecule has 0 amide bonds. The molecule has 25 N–H and O–H groups in total. The third-order valence-corrected chi connectivity index (χ3v) is 19.1.